The highest BCUT2D eigenvalue weighted by molar-refractivity contribution is 7.92. The fourth-order valence-electron chi connectivity index (χ4n) is 0.566. The van der Waals surface area contributed by atoms with Gasteiger partial charge in [0.15, 0.2) is 0 Å². The third kappa shape index (κ3) is 2.94. The van der Waals surface area contributed by atoms with Crippen LogP contribution in [0.4, 0.5) is 5.69 Å². The van der Waals surface area contributed by atoms with Crippen LogP contribution in [0.5, 0.6) is 0 Å². The van der Waals surface area contributed by atoms with Crippen LogP contribution in [0.25, 0.3) is 0 Å². The Hall–Kier alpha value is -1.17. The molecule has 0 atom stereocenters. The molecule has 0 saturated carbocycles. The molecule has 1 aromatic rings. The molecule has 0 aromatic carbocycles. The minimum atomic E-state index is -3.21. The molecule has 0 bridgehead atoms. The summed E-state index contributed by atoms with van der Waals surface area (Å²) in [6.45, 7) is 0. The second-order valence-electron chi connectivity index (χ2n) is 2.00. The molecular weight excluding hydrogens is 166 g/mol. The summed E-state index contributed by atoms with van der Waals surface area (Å²) in [5, 5.41) is 0. The van der Waals surface area contributed by atoms with Crippen LogP contribution in [0.2, 0.25) is 0 Å². The van der Waals surface area contributed by atoms with Gasteiger partial charge in [-0.25, -0.2) is 18.4 Å². The van der Waals surface area contributed by atoms with E-state index in [9.17, 15) is 8.42 Å². The van der Waals surface area contributed by atoms with Crippen molar-refractivity contribution in [1.82, 2.24) is 9.97 Å². The normalized spacial score (nSPS) is 11.0. The van der Waals surface area contributed by atoms with E-state index in [2.05, 4.69) is 14.7 Å². The van der Waals surface area contributed by atoms with Gasteiger partial charge in [-0.3, -0.25) is 4.72 Å². The first kappa shape index (κ1) is 7.93. The van der Waals surface area contributed by atoms with Crippen molar-refractivity contribution in [1.29, 1.82) is 0 Å². The second kappa shape index (κ2) is 2.83. The van der Waals surface area contributed by atoms with E-state index in [1.165, 1.54) is 18.7 Å². The van der Waals surface area contributed by atoms with Crippen molar-refractivity contribution in [2.45, 2.75) is 0 Å². The molecular formula is C5H7N3O2S. The van der Waals surface area contributed by atoms with E-state index in [1.807, 2.05) is 0 Å². The number of aromatic nitrogens is 2. The monoisotopic (exact) mass is 173 g/mol. The van der Waals surface area contributed by atoms with Crippen LogP contribution < -0.4 is 4.72 Å². The van der Waals surface area contributed by atoms with Crippen LogP contribution in [-0.4, -0.2) is 24.6 Å². The zero-order chi connectivity index (χ0) is 8.32. The van der Waals surface area contributed by atoms with E-state index in [4.69, 9.17) is 0 Å². The lowest BCUT2D eigenvalue weighted by Gasteiger charge is -1.99. The largest absolute Gasteiger partial charge is 0.281 e. The number of hydrogen-bond acceptors (Lipinski definition) is 4. The highest BCUT2D eigenvalue weighted by Gasteiger charge is 1.99. The van der Waals surface area contributed by atoms with Crippen LogP contribution in [0.1, 0.15) is 0 Å². The number of hydrogen-bond donors (Lipinski definition) is 1. The Morgan fingerprint density at radius 2 is 1.91 bits per heavy atom. The highest BCUT2D eigenvalue weighted by Crippen LogP contribution is 2.01. The first-order valence-corrected chi connectivity index (χ1v) is 4.70. The van der Waals surface area contributed by atoms with Crippen molar-refractivity contribution in [2.24, 2.45) is 0 Å². The molecule has 0 saturated heterocycles. The Kier molecular flexibility index (Phi) is 2.04. The summed E-state index contributed by atoms with van der Waals surface area (Å²) in [7, 11) is -3.21. The number of nitrogens with zero attached hydrogens (tertiary/aromatic N) is 2. The second-order valence-corrected chi connectivity index (χ2v) is 3.75. The van der Waals surface area contributed by atoms with Crippen molar-refractivity contribution in [3.63, 3.8) is 0 Å². The maximum Gasteiger partial charge on any atom is 0.229 e. The van der Waals surface area contributed by atoms with Crippen molar-refractivity contribution in [3.8, 4) is 0 Å². The third-order valence-electron chi connectivity index (χ3n) is 0.864. The summed E-state index contributed by atoms with van der Waals surface area (Å²) in [4.78, 5) is 7.26. The Morgan fingerprint density at radius 1 is 1.36 bits per heavy atom. The van der Waals surface area contributed by atoms with Crippen LogP contribution in [0, 0.1) is 0 Å². The number of anilines is 1. The van der Waals surface area contributed by atoms with Gasteiger partial charge in [-0.1, -0.05) is 0 Å². The molecule has 0 aliphatic rings. The summed E-state index contributed by atoms with van der Waals surface area (Å²) in [6, 6.07) is 0. The molecule has 0 aliphatic heterocycles. The van der Waals surface area contributed by atoms with Gasteiger partial charge in [-0.2, -0.15) is 0 Å². The van der Waals surface area contributed by atoms with Gasteiger partial charge in [0.05, 0.1) is 24.3 Å². The molecule has 1 heterocycles. The van der Waals surface area contributed by atoms with E-state index in [1.54, 1.807) is 0 Å². The van der Waals surface area contributed by atoms with Crippen molar-refractivity contribution < 1.29 is 8.42 Å². The molecule has 0 spiro atoms. The molecule has 0 radical (unpaired) electrons. The van der Waals surface area contributed by atoms with Gasteiger partial charge < -0.3 is 0 Å². The first-order valence-electron chi connectivity index (χ1n) is 2.81. The summed E-state index contributed by atoms with van der Waals surface area (Å²) < 4.78 is 23.5. The van der Waals surface area contributed by atoms with Crippen LogP contribution in [0.3, 0.4) is 0 Å². The summed E-state index contributed by atoms with van der Waals surface area (Å²) in [5.41, 5.74) is 0.370. The zero-order valence-electron chi connectivity index (χ0n) is 5.85. The van der Waals surface area contributed by atoms with E-state index < -0.39 is 10.0 Å². The molecule has 0 amide bonds. The molecule has 0 fully saturated rings. The number of rotatable bonds is 2. The van der Waals surface area contributed by atoms with Gasteiger partial charge in [0.25, 0.3) is 0 Å². The Balaban J connectivity index is 2.82. The van der Waals surface area contributed by atoms with Crippen LogP contribution >= 0.6 is 0 Å². The highest BCUT2D eigenvalue weighted by atomic mass is 32.2. The lowest BCUT2D eigenvalue weighted by Crippen LogP contribution is -2.09. The lowest BCUT2D eigenvalue weighted by atomic mass is 10.6. The molecule has 60 valence electrons. The van der Waals surface area contributed by atoms with Gasteiger partial charge in [-0.05, 0) is 0 Å². The van der Waals surface area contributed by atoms with Crippen LogP contribution in [-0.2, 0) is 10.0 Å². The summed E-state index contributed by atoms with van der Waals surface area (Å²) in [5.74, 6) is 0. The number of nitrogens with one attached hydrogen (secondary N) is 1. The van der Waals surface area contributed by atoms with E-state index >= 15 is 0 Å². The van der Waals surface area contributed by atoms with Gasteiger partial charge in [0, 0.05) is 0 Å². The zero-order valence-corrected chi connectivity index (χ0v) is 6.67. The predicted molar refractivity (Wildman–Crippen MR) is 40.5 cm³/mol. The van der Waals surface area contributed by atoms with Crippen LogP contribution in [0.15, 0.2) is 18.7 Å². The van der Waals surface area contributed by atoms with E-state index in [-0.39, 0.29) is 0 Å². The van der Waals surface area contributed by atoms with E-state index in [0.717, 1.165) is 6.26 Å². The number of sulfonamides is 1. The predicted octanol–water partition coefficient (Wildman–Crippen LogP) is -0.152. The fraction of sp³-hybridized carbons (Fsp3) is 0.200. The molecule has 5 nitrogen and oxygen atoms in total. The minimum absolute atomic E-state index is 0.370. The minimum Gasteiger partial charge on any atom is -0.281 e. The maximum atomic E-state index is 10.6. The first-order chi connectivity index (χ1) is 5.08. The standard InChI is InChI=1S/C5H7N3O2S/c1-11(9,10)8-5-2-6-4-7-3-5/h2-4,8H,1H3. The molecule has 1 N–H and O–H groups in total. The smallest absolute Gasteiger partial charge is 0.229 e. The van der Waals surface area contributed by atoms with Crippen molar-refractivity contribution >= 4 is 15.7 Å². The van der Waals surface area contributed by atoms with Gasteiger partial charge in [0.1, 0.15) is 6.33 Å². The summed E-state index contributed by atoms with van der Waals surface area (Å²) >= 11 is 0. The molecule has 0 aliphatic carbocycles. The Labute approximate surface area is 64.5 Å². The van der Waals surface area contributed by atoms with Gasteiger partial charge in [-0.15, -0.1) is 0 Å². The average molecular weight is 173 g/mol. The molecule has 1 rings (SSSR count). The fourth-order valence-corrected chi connectivity index (χ4v) is 1.10. The molecule has 1 aromatic heterocycles. The topological polar surface area (TPSA) is 72.0 Å². The third-order valence-corrected chi connectivity index (χ3v) is 1.47. The SMILES string of the molecule is CS(=O)(=O)Nc1cncnc1. The van der Waals surface area contributed by atoms with Gasteiger partial charge >= 0.3 is 0 Å². The maximum absolute atomic E-state index is 10.6. The molecule has 6 heteroatoms. The summed E-state index contributed by atoms with van der Waals surface area (Å²) in [6.07, 6.45) is 5.16. The lowest BCUT2D eigenvalue weighted by molar-refractivity contribution is 0.606. The molecule has 0 unspecified atom stereocenters. The van der Waals surface area contributed by atoms with Gasteiger partial charge in [0.2, 0.25) is 10.0 Å². The molecule has 11 heavy (non-hydrogen) atoms. The Morgan fingerprint density at radius 3 is 2.36 bits per heavy atom. The van der Waals surface area contributed by atoms with Crippen molar-refractivity contribution in [2.75, 3.05) is 11.0 Å². The van der Waals surface area contributed by atoms with E-state index in [0.29, 0.717) is 5.69 Å². The Bertz CT molecular complexity index is 321. The van der Waals surface area contributed by atoms with Crippen molar-refractivity contribution in [3.05, 3.63) is 18.7 Å². The average Bonchev–Trinajstić information content (AvgIpc) is 1.85. The quantitative estimate of drug-likeness (QED) is 0.675.